The molecule has 0 aliphatic carbocycles. The summed E-state index contributed by atoms with van der Waals surface area (Å²) in [7, 11) is 5.74. The fourth-order valence-electron chi connectivity index (χ4n) is 2.99. The number of aromatic nitrogens is 4. The first kappa shape index (κ1) is 17.3. The van der Waals surface area contributed by atoms with Crippen LogP contribution >= 0.6 is 0 Å². The van der Waals surface area contributed by atoms with Gasteiger partial charge in [-0.05, 0) is 12.5 Å². The number of rotatable bonds is 5. The lowest BCUT2D eigenvalue weighted by atomic mass is 10.1. The Labute approximate surface area is 147 Å². The van der Waals surface area contributed by atoms with Gasteiger partial charge in [0, 0.05) is 58.4 Å². The van der Waals surface area contributed by atoms with E-state index in [0.717, 1.165) is 17.2 Å². The second-order valence-electron chi connectivity index (χ2n) is 6.30. The molecule has 0 radical (unpaired) electrons. The highest BCUT2D eigenvalue weighted by Gasteiger charge is 2.28. The highest BCUT2D eigenvalue weighted by Crippen LogP contribution is 2.26. The monoisotopic (exact) mass is 344 g/mol. The van der Waals surface area contributed by atoms with Crippen LogP contribution in [-0.2, 0) is 23.0 Å². The third-order valence-corrected chi connectivity index (χ3v) is 4.37. The van der Waals surface area contributed by atoms with Gasteiger partial charge in [-0.2, -0.15) is 5.10 Å². The molecule has 0 unspecified atom stereocenters. The molecule has 0 N–H and O–H groups in total. The number of ether oxygens (including phenoxy) is 1. The van der Waals surface area contributed by atoms with Gasteiger partial charge in [-0.3, -0.25) is 14.5 Å². The van der Waals surface area contributed by atoms with Crippen LogP contribution in [0.15, 0.2) is 24.7 Å². The molecule has 8 heteroatoms. The van der Waals surface area contributed by atoms with E-state index in [1.54, 1.807) is 23.3 Å². The van der Waals surface area contributed by atoms with E-state index in [2.05, 4.69) is 15.1 Å². The lowest BCUT2D eigenvalue weighted by Crippen LogP contribution is -2.43. The Kier molecular flexibility index (Phi) is 5.28. The number of anilines is 1. The molecule has 3 rings (SSSR count). The van der Waals surface area contributed by atoms with E-state index in [0.29, 0.717) is 32.5 Å². The van der Waals surface area contributed by atoms with E-state index in [4.69, 9.17) is 4.74 Å². The Balaban J connectivity index is 1.65. The van der Waals surface area contributed by atoms with Gasteiger partial charge in [0.05, 0.1) is 13.2 Å². The number of hydrogen-bond acceptors (Lipinski definition) is 6. The van der Waals surface area contributed by atoms with Crippen LogP contribution in [-0.4, -0.2) is 64.3 Å². The quantitative estimate of drug-likeness (QED) is 0.799. The molecule has 3 heterocycles. The standard InChI is InChI=1S/C17H24N6O2/c1-21(2)17-16(18-8-9-19-17)14-12-23(10-11-25-14)15(24)5-4-13-6-7-20-22(13)3/h6-9,14H,4-5,10-12H2,1-3H3/t14-/m1/s1. The van der Waals surface area contributed by atoms with E-state index in [1.165, 1.54) is 0 Å². The van der Waals surface area contributed by atoms with E-state index in [-0.39, 0.29) is 12.0 Å². The summed E-state index contributed by atoms with van der Waals surface area (Å²) in [5.74, 6) is 0.904. The number of amides is 1. The molecule has 1 atom stereocenters. The lowest BCUT2D eigenvalue weighted by molar-refractivity contribution is -0.139. The molecule has 8 nitrogen and oxygen atoms in total. The van der Waals surface area contributed by atoms with Gasteiger partial charge < -0.3 is 14.5 Å². The van der Waals surface area contributed by atoms with Crippen LogP contribution in [0.1, 0.15) is 23.9 Å². The highest BCUT2D eigenvalue weighted by molar-refractivity contribution is 5.76. The second-order valence-corrected chi connectivity index (χ2v) is 6.30. The van der Waals surface area contributed by atoms with Gasteiger partial charge in [-0.25, -0.2) is 4.98 Å². The van der Waals surface area contributed by atoms with Crippen LogP contribution in [0.3, 0.4) is 0 Å². The molecule has 1 saturated heterocycles. The molecular formula is C17H24N6O2. The maximum absolute atomic E-state index is 12.6. The second kappa shape index (κ2) is 7.60. The molecular weight excluding hydrogens is 320 g/mol. The lowest BCUT2D eigenvalue weighted by Gasteiger charge is -2.33. The van der Waals surface area contributed by atoms with Gasteiger partial charge >= 0.3 is 0 Å². The molecule has 1 amide bonds. The third-order valence-electron chi connectivity index (χ3n) is 4.37. The Bertz CT molecular complexity index is 729. The zero-order chi connectivity index (χ0) is 17.8. The summed E-state index contributed by atoms with van der Waals surface area (Å²) < 4.78 is 7.67. The average Bonchev–Trinajstić information content (AvgIpc) is 3.04. The summed E-state index contributed by atoms with van der Waals surface area (Å²) in [5.41, 5.74) is 1.83. The van der Waals surface area contributed by atoms with Crippen molar-refractivity contribution >= 4 is 11.7 Å². The van der Waals surface area contributed by atoms with E-state index in [1.807, 2.05) is 37.0 Å². The Hall–Kier alpha value is -2.48. The molecule has 134 valence electrons. The van der Waals surface area contributed by atoms with Crippen molar-refractivity contribution in [1.82, 2.24) is 24.6 Å². The SMILES string of the molecule is CN(C)c1nccnc1[C@H]1CN(C(=O)CCc2ccnn2C)CCO1. The first-order valence-electron chi connectivity index (χ1n) is 8.40. The van der Waals surface area contributed by atoms with Crippen LogP contribution in [0.4, 0.5) is 5.82 Å². The van der Waals surface area contributed by atoms with Gasteiger partial charge in [0.2, 0.25) is 5.91 Å². The summed E-state index contributed by atoms with van der Waals surface area (Å²) in [5, 5.41) is 4.14. The molecule has 2 aromatic heterocycles. The van der Waals surface area contributed by atoms with Crippen LogP contribution in [0.2, 0.25) is 0 Å². The maximum atomic E-state index is 12.6. The smallest absolute Gasteiger partial charge is 0.223 e. The van der Waals surface area contributed by atoms with Crippen molar-refractivity contribution in [2.45, 2.75) is 18.9 Å². The number of aryl methyl sites for hydroxylation is 2. The number of carbonyl (C=O) groups is 1. The van der Waals surface area contributed by atoms with E-state index < -0.39 is 0 Å². The summed E-state index contributed by atoms with van der Waals surface area (Å²) >= 11 is 0. The Morgan fingerprint density at radius 1 is 1.32 bits per heavy atom. The molecule has 0 spiro atoms. The molecule has 0 aromatic carbocycles. The van der Waals surface area contributed by atoms with Gasteiger partial charge in [0.25, 0.3) is 0 Å². The van der Waals surface area contributed by atoms with Crippen molar-refractivity contribution in [2.75, 3.05) is 38.7 Å². The molecule has 0 bridgehead atoms. The van der Waals surface area contributed by atoms with Crippen molar-refractivity contribution in [3.8, 4) is 0 Å². The number of carbonyl (C=O) groups excluding carboxylic acids is 1. The van der Waals surface area contributed by atoms with Crippen LogP contribution in [0.5, 0.6) is 0 Å². The highest BCUT2D eigenvalue weighted by atomic mass is 16.5. The predicted octanol–water partition coefficient (Wildman–Crippen LogP) is 0.809. The Morgan fingerprint density at radius 2 is 2.12 bits per heavy atom. The summed E-state index contributed by atoms with van der Waals surface area (Å²) in [6, 6.07) is 1.94. The van der Waals surface area contributed by atoms with Crippen molar-refractivity contribution < 1.29 is 9.53 Å². The molecule has 25 heavy (non-hydrogen) atoms. The number of nitrogens with zero attached hydrogens (tertiary/aromatic N) is 6. The Morgan fingerprint density at radius 3 is 2.84 bits per heavy atom. The third kappa shape index (κ3) is 3.96. The molecule has 1 aliphatic rings. The molecule has 1 aliphatic heterocycles. The first-order chi connectivity index (χ1) is 12.1. The predicted molar refractivity (Wildman–Crippen MR) is 93.2 cm³/mol. The number of morpholine rings is 1. The fourth-order valence-corrected chi connectivity index (χ4v) is 2.99. The summed E-state index contributed by atoms with van der Waals surface area (Å²) in [6.45, 7) is 1.62. The zero-order valence-corrected chi connectivity index (χ0v) is 14.9. The molecule has 2 aromatic rings. The van der Waals surface area contributed by atoms with Gasteiger partial charge in [0.1, 0.15) is 11.8 Å². The fraction of sp³-hybridized carbons (Fsp3) is 0.529. The minimum atomic E-state index is -0.250. The topological polar surface area (TPSA) is 76.4 Å². The van der Waals surface area contributed by atoms with Crippen molar-refractivity contribution in [1.29, 1.82) is 0 Å². The first-order valence-corrected chi connectivity index (χ1v) is 8.40. The molecule has 0 saturated carbocycles. The normalized spacial score (nSPS) is 17.6. The van der Waals surface area contributed by atoms with Crippen molar-refractivity contribution in [2.24, 2.45) is 7.05 Å². The zero-order valence-electron chi connectivity index (χ0n) is 14.9. The maximum Gasteiger partial charge on any atom is 0.223 e. The van der Waals surface area contributed by atoms with Gasteiger partial charge in [-0.15, -0.1) is 0 Å². The minimum Gasteiger partial charge on any atom is -0.368 e. The largest absolute Gasteiger partial charge is 0.368 e. The van der Waals surface area contributed by atoms with Gasteiger partial charge in [-0.1, -0.05) is 0 Å². The van der Waals surface area contributed by atoms with Gasteiger partial charge in [0.15, 0.2) is 5.82 Å². The van der Waals surface area contributed by atoms with Crippen molar-refractivity contribution in [3.05, 3.63) is 36.0 Å². The van der Waals surface area contributed by atoms with Crippen LogP contribution < -0.4 is 4.90 Å². The van der Waals surface area contributed by atoms with Crippen molar-refractivity contribution in [3.63, 3.8) is 0 Å². The minimum absolute atomic E-state index is 0.129. The van der Waals surface area contributed by atoms with E-state index in [9.17, 15) is 4.79 Å². The summed E-state index contributed by atoms with van der Waals surface area (Å²) in [4.78, 5) is 25.2. The van der Waals surface area contributed by atoms with Crippen LogP contribution in [0, 0.1) is 0 Å². The number of hydrogen-bond donors (Lipinski definition) is 0. The molecule has 1 fully saturated rings. The van der Waals surface area contributed by atoms with E-state index >= 15 is 0 Å². The summed E-state index contributed by atoms with van der Waals surface area (Å²) in [6.07, 6.45) is 5.98. The van der Waals surface area contributed by atoms with Crippen LogP contribution in [0.25, 0.3) is 0 Å². The average molecular weight is 344 g/mol.